The summed E-state index contributed by atoms with van der Waals surface area (Å²) in [4.78, 5) is 18.9. The summed E-state index contributed by atoms with van der Waals surface area (Å²) in [7, 11) is 0. The van der Waals surface area contributed by atoms with E-state index in [4.69, 9.17) is 0 Å². The SMILES string of the molecule is CCN1C(=O)C(=Nc2ccc(C)cc2)c2cc(Br)ccc21. The number of anilines is 1. The van der Waals surface area contributed by atoms with Gasteiger partial charge in [0.15, 0.2) is 0 Å². The molecule has 1 aliphatic heterocycles. The number of fused-ring (bicyclic) bond motifs is 1. The number of likely N-dealkylation sites (N-methyl/N-ethyl adjacent to an activating group) is 1. The number of amides is 1. The molecule has 21 heavy (non-hydrogen) atoms. The van der Waals surface area contributed by atoms with Gasteiger partial charge in [0.05, 0.1) is 11.4 Å². The minimum atomic E-state index is -0.0359. The van der Waals surface area contributed by atoms with Crippen molar-refractivity contribution in [1.82, 2.24) is 0 Å². The monoisotopic (exact) mass is 342 g/mol. The minimum absolute atomic E-state index is 0.0359. The van der Waals surface area contributed by atoms with Crippen molar-refractivity contribution >= 4 is 38.9 Å². The Labute approximate surface area is 132 Å². The fourth-order valence-electron chi connectivity index (χ4n) is 2.46. The summed E-state index contributed by atoms with van der Waals surface area (Å²) in [6.07, 6.45) is 0. The molecule has 0 aliphatic carbocycles. The maximum atomic E-state index is 12.6. The van der Waals surface area contributed by atoms with Crippen LogP contribution in [0, 0.1) is 6.92 Å². The first kappa shape index (κ1) is 14.0. The third-order valence-corrected chi connectivity index (χ3v) is 4.04. The second-order valence-electron chi connectivity index (χ2n) is 5.01. The first-order valence-corrected chi connectivity index (χ1v) is 7.66. The number of carbonyl (C=O) groups excluding carboxylic acids is 1. The maximum absolute atomic E-state index is 12.6. The van der Waals surface area contributed by atoms with E-state index in [0.717, 1.165) is 21.4 Å². The van der Waals surface area contributed by atoms with Crippen LogP contribution in [-0.2, 0) is 4.79 Å². The number of carbonyl (C=O) groups is 1. The largest absolute Gasteiger partial charge is 0.307 e. The summed E-state index contributed by atoms with van der Waals surface area (Å²) in [5.41, 5.74) is 4.30. The number of hydrogen-bond acceptors (Lipinski definition) is 2. The summed E-state index contributed by atoms with van der Waals surface area (Å²) in [5.74, 6) is -0.0359. The molecule has 0 bridgehead atoms. The van der Waals surface area contributed by atoms with E-state index in [1.165, 1.54) is 5.56 Å². The summed E-state index contributed by atoms with van der Waals surface area (Å²) in [5, 5.41) is 0. The smallest absolute Gasteiger partial charge is 0.277 e. The number of aryl methyl sites for hydroxylation is 1. The number of rotatable bonds is 2. The molecular formula is C17H15BrN2O. The normalized spacial score (nSPS) is 15.7. The lowest BCUT2D eigenvalue weighted by Crippen LogP contribution is -2.29. The summed E-state index contributed by atoms with van der Waals surface area (Å²) in [6.45, 7) is 4.64. The lowest BCUT2D eigenvalue weighted by Gasteiger charge is -2.13. The molecule has 4 heteroatoms. The first-order valence-electron chi connectivity index (χ1n) is 6.87. The number of nitrogens with zero attached hydrogens (tertiary/aromatic N) is 2. The summed E-state index contributed by atoms with van der Waals surface area (Å²) in [6, 6.07) is 13.7. The Bertz CT molecular complexity index is 735. The van der Waals surface area contributed by atoms with Crippen LogP contribution in [0.3, 0.4) is 0 Å². The van der Waals surface area contributed by atoms with Gasteiger partial charge in [-0.05, 0) is 44.2 Å². The predicted molar refractivity (Wildman–Crippen MR) is 89.5 cm³/mol. The highest BCUT2D eigenvalue weighted by molar-refractivity contribution is 9.10. The molecule has 1 heterocycles. The zero-order chi connectivity index (χ0) is 15.0. The lowest BCUT2D eigenvalue weighted by molar-refractivity contribution is -0.112. The third kappa shape index (κ3) is 2.51. The van der Waals surface area contributed by atoms with Crippen molar-refractivity contribution in [2.24, 2.45) is 4.99 Å². The molecule has 3 rings (SSSR count). The van der Waals surface area contributed by atoms with Crippen molar-refractivity contribution in [2.75, 3.05) is 11.4 Å². The van der Waals surface area contributed by atoms with Gasteiger partial charge in [-0.15, -0.1) is 0 Å². The fourth-order valence-corrected chi connectivity index (χ4v) is 2.82. The van der Waals surface area contributed by atoms with Gasteiger partial charge in [-0.1, -0.05) is 33.6 Å². The molecule has 2 aromatic rings. The van der Waals surface area contributed by atoms with Gasteiger partial charge in [-0.3, -0.25) is 4.79 Å². The molecule has 2 aromatic carbocycles. The van der Waals surface area contributed by atoms with Gasteiger partial charge in [0.25, 0.3) is 5.91 Å². The molecular weight excluding hydrogens is 328 g/mol. The molecule has 0 saturated heterocycles. The average molecular weight is 343 g/mol. The maximum Gasteiger partial charge on any atom is 0.277 e. The molecule has 1 aliphatic rings. The second kappa shape index (κ2) is 5.45. The van der Waals surface area contributed by atoms with Crippen LogP contribution in [0.5, 0.6) is 0 Å². The number of benzene rings is 2. The Morgan fingerprint density at radius 2 is 1.86 bits per heavy atom. The van der Waals surface area contributed by atoms with E-state index in [0.29, 0.717) is 12.3 Å². The van der Waals surface area contributed by atoms with E-state index < -0.39 is 0 Å². The number of aliphatic imine (C=N–C) groups is 1. The Kier molecular flexibility index (Phi) is 3.64. The predicted octanol–water partition coefficient (Wildman–Crippen LogP) is 4.24. The molecule has 0 unspecified atom stereocenters. The minimum Gasteiger partial charge on any atom is -0.307 e. The van der Waals surface area contributed by atoms with Gasteiger partial charge in [-0.25, -0.2) is 4.99 Å². The van der Waals surface area contributed by atoms with Gasteiger partial charge in [0.2, 0.25) is 0 Å². The number of hydrogen-bond donors (Lipinski definition) is 0. The Balaban J connectivity index is 2.13. The molecule has 0 radical (unpaired) electrons. The first-order chi connectivity index (χ1) is 10.1. The van der Waals surface area contributed by atoms with E-state index >= 15 is 0 Å². The van der Waals surface area contributed by atoms with Crippen molar-refractivity contribution < 1.29 is 4.79 Å². The summed E-state index contributed by atoms with van der Waals surface area (Å²) >= 11 is 3.46. The summed E-state index contributed by atoms with van der Waals surface area (Å²) < 4.78 is 0.948. The number of halogens is 1. The van der Waals surface area contributed by atoms with Crippen LogP contribution in [0.1, 0.15) is 18.1 Å². The molecule has 3 nitrogen and oxygen atoms in total. The van der Waals surface area contributed by atoms with Crippen LogP contribution in [0.2, 0.25) is 0 Å². The van der Waals surface area contributed by atoms with Crippen LogP contribution in [0.25, 0.3) is 0 Å². The highest BCUT2D eigenvalue weighted by atomic mass is 79.9. The van der Waals surface area contributed by atoms with Crippen molar-refractivity contribution in [1.29, 1.82) is 0 Å². The van der Waals surface area contributed by atoms with Crippen LogP contribution in [-0.4, -0.2) is 18.2 Å². The van der Waals surface area contributed by atoms with Crippen molar-refractivity contribution in [3.8, 4) is 0 Å². The highest BCUT2D eigenvalue weighted by Crippen LogP contribution is 2.32. The van der Waals surface area contributed by atoms with Crippen LogP contribution in [0.15, 0.2) is 51.9 Å². The zero-order valence-electron chi connectivity index (χ0n) is 11.9. The van der Waals surface area contributed by atoms with Crippen molar-refractivity contribution in [3.05, 3.63) is 58.1 Å². The third-order valence-electron chi connectivity index (χ3n) is 3.54. The standard InChI is InChI=1S/C17H15BrN2O/c1-3-20-15-9-6-12(18)10-14(15)16(17(20)21)19-13-7-4-11(2)5-8-13/h4-10H,3H2,1-2H3. The Morgan fingerprint density at radius 1 is 1.14 bits per heavy atom. The van der Waals surface area contributed by atoms with E-state index in [9.17, 15) is 4.79 Å². The van der Waals surface area contributed by atoms with E-state index in [-0.39, 0.29) is 5.91 Å². The Hall–Kier alpha value is -1.94. The second-order valence-corrected chi connectivity index (χ2v) is 5.92. The molecule has 0 N–H and O–H groups in total. The van der Waals surface area contributed by atoms with Crippen molar-refractivity contribution in [3.63, 3.8) is 0 Å². The van der Waals surface area contributed by atoms with Gasteiger partial charge in [0.1, 0.15) is 5.71 Å². The quantitative estimate of drug-likeness (QED) is 0.803. The molecule has 0 saturated carbocycles. The zero-order valence-corrected chi connectivity index (χ0v) is 13.5. The van der Waals surface area contributed by atoms with Gasteiger partial charge >= 0.3 is 0 Å². The van der Waals surface area contributed by atoms with Gasteiger partial charge < -0.3 is 4.90 Å². The average Bonchev–Trinajstić information content (AvgIpc) is 2.73. The van der Waals surface area contributed by atoms with Crippen LogP contribution < -0.4 is 4.90 Å². The lowest BCUT2D eigenvalue weighted by atomic mass is 10.1. The van der Waals surface area contributed by atoms with Crippen LogP contribution in [0.4, 0.5) is 11.4 Å². The topological polar surface area (TPSA) is 32.7 Å². The van der Waals surface area contributed by atoms with E-state index in [2.05, 4.69) is 20.9 Å². The molecule has 0 atom stereocenters. The van der Waals surface area contributed by atoms with Crippen molar-refractivity contribution in [2.45, 2.75) is 13.8 Å². The van der Waals surface area contributed by atoms with E-state index in [1.807, 2.05) is 56.3 Å². The van der Waals surface area contributed by atoms with Gasteiger partial charge in [0, 0.05) is 16.6 Å². The van der Waals surface area contributed by atoms with Gasteiger partial charge in [-0.2, -0.15) is 0 Å². The van der Waals surface area contributed by atoms with E-state index in [1.54, 1.807) is 4.90 Å². The molecule has 0 aromatic heterocycles. The molecule has 0 spiro atoms. The molecule has 106 valence electrons. The molecule has 1 amide bonds. The highest BCUT2D eigenvalue weighted by Gasteiger charge is 2.32. The van der Waals surface area contributed by atoms with Crippen LogP contribution >= 0.6 is 15.9 Å². The fraction of sp³-hybridized carbons (Fsp3) is 0.176. The Morgan fingerprint density at radius 3 is 2.52 bits per heavy atom. The molecule has 0 fully saturated rings.